The van der Waals surface area contributed by atoms with E-state index in [0.717, 1.165) is 34.0 Å². The first-order valence-electron chi connectivity index (χ1n) is 5.94. The summed E-state index contributed by atoms with van der Waals surface area (Å²) < 4.78 is 6.39. The molecule has 0 spiro atoms. The summed E-state index contributed by atoms with van der Waals surface area (Å²) in [6.07, 6.45) is 1.07. The molecule has 0 aliphatic heterocycles. The van der Waals surface area contributed by atoms with Gasteiger partial charge in [-0.15, -0.1) is 0 Å². The summed E-state index contributed by atoms with van der Waals surface area (Å²) >= 11 is 9.38. The van der Waals surface area contributed by atoms with Gasteiger partial charge in [-0.3, -0.25) is 0 Å². The van der Waals surface area contributed by atoms with Gasteiger partial charge in [-0.1, -0.05) is 30.7 Å². The standard InChI is InChI=1S/C14H15BrClNO/c1-2-8-17-14(12-6-7-13(15)18-12)10-4-3-5-11(16)9-10/h3-7,9,14,17H,2,8H2,1H3. The van der Waals surface area contributed by atoms with Crippen LogP contribution in [0.2, 0.25) is 5.02 Å². The first-order chi connectivity index (χ1) is 8.70. The van der Waals surface area contributed by atoms with Crippen LogP contribution in [0.3, 0.4) is 0 Å². The smallest absolute Gasteiger partial charge is 0.169 e. The number of hydrogen-bond acceptors (Lipinski definition) is 2. The predicted molar refractivity (Wildman–Crippen MR) is 78.0 cm³/mol. The lowest BCUT2D eigenvalue weighted by molar-refractivity contribution is 0.433. The molecule has 1 heterocycles. The molecule has 1 unspecified atom stereocenters. The van der Waals surface area contributed by atoms with Gasteiger partial charge in [-0.25, -0.2) is 0 Å². The molecule has 0 saturated heterocycles. The monoisotopic (exact) mass is 327 g/mol. The topological polar surface area (TPSA) is 25.2 Å². The van der Waals surface area contributed by atoms with Gasteiger partial charge in [-0.2, -0.15) is 0 Å². The normalized spacial score (nSPS) is 12.6. The van der Waals surface area contributed by atoms with E-state index in [-0.39, 0.29) is 6.04 Å². The second-order valence-corrected chi connectivity index (χ2v) is 5.30. The molecule has 1 atom stereocenters. The Hall–Kier alpha value is -0.770. The minimum atomic E-state index is 0.0370. The summed E-state index contributed by atoms with van der Waals surface area (Å²) in [5.74, 6) is 0.887. The largest absolute Gasteiger partial charge is 0.452 e. The summed E-state index contributed by atoms with van der Waals surface area (Å²) in [7, 11) is 0. The number of rotatable bonds is 5. The van der Waals surface area contributed by atoms with Crippen molar-refractivity contribution in [3.8, 4) is 0 Å². The summed E-state index contributed by atoms with van der Waals surface area (Å²) in [4.78, 5) is 0. The molecular weight excluding hydrogens is 314 g/mol. The molecule has 0 aliphatic carbocycles. The van der Waals surface area contributed by atoms with Crippen molar-refractivity contribution in [2.75, 3.05) is 6.54 Å². The lowest BCUT2D eigenvalue weighted by atomic mass is 10.0. The van der Waals surface area contributed by atoms with Gasteiger partial charge in [0, 0.05) is 5.02 Å². The highest BCUT2D eigenvalue weighted by atomic mass is 79.9. The minimum absolute atomic E-state index is 0.0370. The van der Waals surface area contributed by atoms with Gasteiger partial charge in [0.1, 0.15) is 5.76 Å². The second-order valence-electron chi connectivity index (χ2n) is 4.08. The number of benzene rings is 1. The van der Waals surface area contributed by atoms with Gasteiger partial charge in [0.05, 0.1) is 6.04 Å². The average Bonchev–Trinajstić information content (AvgIpc) is 2.76. The molecule has 0 fully saturated rings. The van der Waals surface area contributed by atoms with Gasteiger partial charge in [0.15, 0.2) is 4.67 Å². The van der Waals surface area contributed by atoms with E-state index in [0.29, 0.717) is 0 Å². The quantitative estimate of drug-likeness (QED) is 0.854. The average molecular weight is 329 g/mol. The van der Waals surface area contributed by atoms with Crippen molar-refractivity contribution in [1.82, 2.24) is 5.32 Å². The molecule has 0 saturated carbocycles. The van der Waals surface area contributed by atoms with Crippen molar-refractivity contribution in [3.05, 3.63) is 57.4 Å². The van der Waals surface area contributed by atoms with Crippen LogP contribution < -0.4 is 5.32 Å². The number of furan rings is 1. The Balaban J connectivity index is 2.30. The maximum atomic E-state index is 6.05. The highest BCUT2D eigenvalue weighted by molar-refractivity contribution is 9.10. The van der Waals surface area contributed by atoms with Crippen LogP contribution in [-0.2, 0) is 0 Å². The van der Waals surface area contributed by atoms with Crippen LogP contribution >= 0.6 is 27.5 Å². The maximum absolute atomic E-state index is 6.05. The van der Waals surface area contributed by atoms with Crippen molar-refractivity contribution in [2.45, 2.75) is 19.4 Å². The molecule has 18 heavy (non-hydrogen) atoms. The van der Waals surface area contributed by atoms with Crippen molar-refractivity contribution < 1.29 is 4.42 Å². The highest BCUT2D eigenvalue weighted by Crippen LogP contribution is 2.27. The molecule has 2 aromatic rings. The lowest BCUT2D eigenvalue weighted by Crippen LogP contribution is -2.22. The minimum Gasteiger partial charge on any atom is -0.452 e. The Labute approximate surface area is 120 Å². The molecule has 0 bridgehead atoms. The highest BCUT2D eigenvalue weighted by Gasteiger charge is 2.17. The van der Waals surface area contributed by atoms with Crippen LogP contribution in [-0.4, -0.2) is 6.54 Å². The van der Waals surface area contributed by atoms with Crippen molar-refractivity contribution >= 4 is 27.5 Å². The van der Waals surface area contributed by atoms with Crippen molar-refractivity contribution in [2.24, 2.45) is 0 Å². The predicted octanol–water partition coefficient (Wildman–Crippen LogP) is 4.78. The third kappa shape index (κ3) is 3.37. The van der Waals surface area contributed by atoms with Crippen molar-refractivity contribution in [3.63, 3.8) is 0 Å². The second kappa shape index (κ2) is 6.41. The van der Waals surface area contributed by atoms with Gasteiger partial charge >= 0.3 is 0 Å². The zero-order chi connectivity index (χ0) is 13.0. The van der Waals surface area contributed by atoms with Gasteiger partial charge in [-0.05, 0) is 58.7 Å². The molecule has 1 N–H and O–H groups in total. The molecule has 2 rings (SSSR count). The van der Waals surface area contributed by atoms with Crippen LogP contribution in [0.4, 0.5) is 0 Å². The molecular formula is C14H15BrClNO. The molecule has 96 valence electrons. The lowest BCUT2D eigenvalue weighted by Gasteiger charge is -2.17. The van der Waals surface area contributed by atoms with Crippen LogP contribution in [0.25, 0.3) is 0 Å². The number of nitrogens with one attached hydrogen (secondary N) is 1. The summed E-state index contributed by atoms with van der Waals surface area (Å²) in [5.41, 5.74) is 1.11. The summed E-state index contributed by atoms with van der Waals surface area (Å²) in [6, 6.07) is 11.8. The molecule has 4 heteroatoms. The van der Waals surface area contributed by atoms with E-state index in [1.807, 2.05) is 30.3 Å². The van der Waals surface area contributed by atoms with Crippen molar-refractivity contribution in [1.29, 1.82) is 0 Å². The third-order valence-corrected chi connectivity index (χ3v) is 3.32. The van der Waals surface area contributed by atoms with E-state index in [9.17, 15) is 0 Å². The van der Waals surface area contributed by atoms with E-state index in [4.69, 9.17) is 16.0 Å². The van der Waals surface area contributed by atoms with Gasteiger partial charge in [0.25, 0.3) is 0 Å². The van der Waals surface area contributed by atoms with E-state index in [1.54, 1.807) is 0 Å². The van der Waals surface area contributed by atoms with E-state index >= 15 is 0 Å². The zero-order valence-electron chi connectivity index (χ0n) is 10.1. The van der Waals surface area contributed by atoms with E-state index in [2.05, 4.69) is 34.2 Å². The molecule has 1 aromatic carbocycles. The summed E-state index contributed by atoms with van der Waals surface area (Å²) in [5, 5.41) is 4.21. The fourth-order valence-corrected chi connectivity index (χ4v) is 2.36. The molecule has 2 nitrogen and oxygen atoms in total. The SMILES string of the molecule is CCCNC(c1cccc(Cl)c1)c1ccc(Br)o1. The van der Waals surface area contributed by atoms with Gasteiger partial charge < -0.3 is 9.73 Å². The Morgan fingerprint density at radius 1 is 1.33 bits per heavy atom. The van der Waals surface area contributed by atoms with Crippen LogP contribution in [0.1, 0.15) is 30.7 Å². The fraction of sp³-hybridized carbons (Fsp3) is 0.286. The maximum Gasteiger partial charge on any atom is 0.169 e. The van der Waals surface area contributed by atoms with Gasteiger partial charge in [0.2, 0.25) is 0 Å². The molecule has 1 aromatic heterocycles. The fourth-order valence-electron chi connectivity index (χ4n) is 1.84. The Morgan fingerprint density at radius 3 is 2.78 bits per heavy atom. The molecule has 0 aliphatic rings. The Bertz CT molecular complexity index is 512. The first-order valence-corrected chi connectivity index (χ1v) is 7.12. The Kier molecular flexibility index (Phi) is 4.87. The Morgan fingerprint density at radius 2 is 2.17 bits per heavy atom. The summed E-state index contributed by atoms with van der Waals surface area (Å²) in [6.45, 7) is 3.07. The molecule has 0 amide bonds. The third-order valence-electron chi connectivity index (χ3n) is 2.66. The number of hydrogen-bond donors (Lipinski definition) is 1. The van der Waals surface area contributed by atoms with E-state index in [1.165, 1.54) is 0 Å². The van der Waals surface area contributed by atoms with Crippen LogP contribution in [0.5, 0.6) is 0 Å². The first kappa shape index (κ1) is 13.7. The van der Waals surface area contributed by atoms with E-state index < -0.39 is 0 Å². The zero-order valence-corrected chi connectivity index (χ0v) is 12.5. The molecule has 0 radical (unpaired) electrons. The van der Waals surface area contributed by atoms with Crippen LogP contribution in [0.15, 0.2) is 45.5 Å². The number of halogens is 2. The van der Waals surface area contributed by atoms with Crippen LogP contribution in [0, 0.1) is 0 Å².